The molecule has 0 aliphatic rings. The molecular weight excluding hydrogens is 189 g/mol. The second-order valence-corrected chi connectivity index (χ2v) is 2.98. The summed E-state index contributed by atoms with van der Waals surface area (Å²) in [6, 6.07) is 6.49. The number of nitrogens with one attached hydrogen (secondary N) is 1. The summed E-state index contributed by atoms with van der Waals surface area (Å²) in [5.74, 6) is -0.240. The predicted octanol–water partition coefficient (Wildman–Crippen LogP) is 2.01. The summed E-state index contributed by atoms with van der Waals surface area (Å²) in [5.41, 5.74) is 0.601. The van der Waals surface area contributed by atoms with Crippen molar-refractivity contribution in [3.8, 4) is 0 Å². The third kappa shape index (κ3) is 3.46. The third-order valence-corrected chi connectivity index (χ3v) is 1.79. The van der Waals surface area contributed by atoms with E-state index in [1.54, 1.807) is 18.2 Å². The molecule has 4 heteroatoms. The number of carbonyl (C=O) groups is 1. The number of halogens is 1. The molecule has 0 aromatic heterocycles. The molecule has 0 atom stereocenters. The van der Waals surface area contributed by atoms with Gasteiger partial charge in [-0.15, -0.1) is 0 Å². The van der Waals surface area contributed by atoms with Crippen LogP contribution in [0.3, 0.4) is 0 Å². The van der Waals surface area contributed by atoms with E-state index in [1.165, 1.54) is 6.07 Å². The number of benzene rings is 1. The predicted molar refractivity (Wildman–Crippen MR) is 52.5 cm³/mol. The van der Waals surface area contributed by atoms with Crippen molar-refractivity contribution >= 4 is 17.9 Å². The highest BCUT2D eigenvalue weighted by atomic mass is 32.1. The Bertz CT molecular complexity index is 303. The van der Waals surface area contributed by atoms with E-state index in [4.69, 9.17) is 0 Å². The summed E-state index contributed by atoms with van der Waals surface area (Å²) in [6.45, 7) is 0.406. The van der Waals surface area contributed by atoms with Crippen molar-refractivity contribution in [3.05, 3.63) is 35.6 Å². The minimum atomic E-state index is -0.392. The topological polar surface area (TPSA) is 29.1 Å². The van der Waals surface area contributed by atoms with Gasteiger partial charge in [-0.1, -0.05) is 30.8 Å². The molecule has 13 heavy (non-hydrogen) atoms. The van der Waals surface area contributed by atoms with Crippen molar-refractivity contribution in [1.29, 1.82) is 0 Å². The molecule has 0 bridgehead atoms. The first-order valence-corrected chi connectivity index (χ1v) is 4.35. The fraction of sp³-hybridized carbons (Fsp3) is 0.222. The highest BCUT2D eigenvalue weighted by Gasteiger charge is 1.99. The van der Waals surface area contributed by atoms with Crippen LogP contribution in [0, 0.1) is 5.82 Å². The zero-order chi connectivity index (χ0) is 9.68. The second-order valence-electron chi connectivity index (χ2n) is 2.57. The maximum atomic E-state index is 13.0. The molecule has 1 N–H and O–H groups in total. The maximum absolute atomic E-state index is 13.0. The van der Waals surface area contributed by atoms with Crippen LogP contribution in [0.1, 0.15) is 5.56 Å². The Kier molecular flexibility index (Phi) is 3.76. The van der Waals surface area contributed by atoms with Gasteiger partial charge in [0.25, 0.3) is 5.24 Å². The van der Waals surface area contributed by atoms with Crippen LogP contribution < -0.4 is 5.32 Å². The molecule has 0 aliphatic carbocycles. The van der Waals surface area contributed by atoms with Gasteiger partial charge in [-0.2, -0.15) is 0 Å². The summed E-state index contributed by atoms with van der Waals surface area (Å²) in [6.07, 6.45) is 0.485. The van der Waals surface area contributed by atoms with E-state index in [-0.39, 0.29) is 5.82 Å². The van der Waals surface area contributed by atoms with E-state index >= 15 is 0 Å². The van der Waals surface area contributed by atoms with Crippen LogP contribution in [-0.4, -0.2) is 11.8 Å². The Morgan fingerprint density at radius 3 is 2.77 bits per heavy atom. The lowest BCUT2D eigenvalue weighted by molar-refractivity contribution is 0.261. The first-order valence-electron chi connectivity index (χ1n) is 3.90. The van der Waals surface area contributed by atoms with Crippen LogP contribution in [0.4, 0.5) is 9.18 Å². The number of amides is 1. The Labute approximate surface area is 81.6 Å². The molecular formula is C9H10FNOS. The van der Waals surface area contributed by atoms with Crippen molar-refractivity contribution in [2.45, 2.75) is 6.42 Å². The van der Waals surface area contributed by atoms with Crippen molar-refractivity contribution in [1.82, 2.24) is 5.32 Å². The molecule has 1 amide bonds. The SMILES string of the molecule is O=C(S)NCCc1ccccc1F. The molecule has 0 spiro atoms. The van der Waals surface area contributed by atoms with E-state index in [0.717, 1.165) is 0 Å². The lowest BCUT2D eigenvalue weighted by atomic mass is 10.1. The van der Waals surface area contributed by atoms with Crippen LogP contribution in [0.2, 0.25) is 0 Å². The first kappa shape index (κ1) is 10.1. The Morgan fingerprint density at radius 2 is 2.15 bits per heavy atom. The van der Waals surface area contributed by atoms with Gasteiger partial charge in [-0.25, -0.2) is 4.39 Å². The van der Waals surface area contributed by atoms with Crippen molar-refractivity contribution in [3.63, 3.8) is 0 Å². The maximum Gasteiger partial charge on any atom is 0.275 e. The summed E-state index contributed by atoms with van der Waals surface area (Å²) in [4.78, 5) is 10.4. The van der Waals surface area contributed by atoms with Gasteiger partial charge in [-0.3, -0.25) is 4.79 Å². The Balaban J connectivity index is 2.45. The fourth-order valence-electron chi connectivity index (χ4n) is 1.01. The quantitative estimate of drug-likeness (QED) is 0.716. The first-order chi connectivity index (χ1) is 6.20. The highest BCUT2D eigenvalue weighted by molar-refractivity contribution is 7.96. The van der Waals surface area contributed by atoms with Gasteiger partial charge in [0.05, 0.1) is 0 Å². The van der Waals surface area contributed by atoms with Crippen LogP contribution in [0.25, 0.3) is 0 Å². The van der Waals surface area contributed by atoms with Gasteiger partial charge in [0.15, 0.2) is 0 Å². The third-order valence-electron chi connectivity index (χ3n) is 1.63. The number of hydrogen-bond acceptors (Lipinski definition) is 1. The lowest BCUT2D eigenvalue weighted by Gasteiger charge is -2.02. The van der Waals surface area contributed by atoms with Crippen LogP contribution >= 0.6 is 12.6 Å². The molecule has 0 fully saturated rings. The van der Waals surface area contributed by atoms with E-state index in [0.29, 0.717) is 18.5 Å². The van der Waals surface area contributed by atoms with Crippen LogP contribution in [0.15, 0.2) is 24.3 Å². The molecule has 0 saturated carbocycles. The average Bonchev–Trinajstić information content (AvgIpc) is 2.08. The van der Waals surface area contributed by atoms with Gasteiger partial charge in [0.1, 0.15) is 5.82 Å². The minimum absolute atomic E-state index is 0.240. The zero-order valence-corrected chi connectivity index (χ0v) is 7.85. The molecule has 0 saturated heterocycles. The van der Waals surface area contributed by atoms with Crippen LogP contribution in [-0.2, 0) is 6.42 Å². The molecule has 1 aromatic rings. The molecule has 2 nitrogen and oxygen atoms in total. The number of thiol groups is 1. The average molecular weight is 199 g/mol. The number of rotatable bonds is 3. The van der Waals surface area contributed by atoms with Gasteiger partial charge in [0.2, 0.25) is 0 Å². The van der Waals surface area contributed by atoms with Crippen LogP contribution in [0.5, 0.6) is 0 Å². The summed E-state index contributed by atoms with van der Waals surface area (Å²) >= 11 is 3.53. The van der Waals surface area contributed by atoms with E-state index in [2.05, 4.69) is 17.9 Å². The van der Waals surface area contributed by atoms with Gasteiger partial charge < -0.3 is 5.32 Å². The summed E-state index contributed by atoms with van der Waals surface area (Å²) in [5, 5.41) is 2.09. The fourth-order valence-corrected chi connectivity index (χ4v) is 1.12. The van der Waals surface area contributed by atoms with Crippen molar-refractivity contribution < 1.29 is 9.18 Å². The molecule has 0 aliphatic heterocycles. The molecule has 1 aromatic carbocycles. The zero-order valence-electron chi connectivity index (χ0n) is 6.96. The lowest BCUT2D eigenvalue weighted by Crippen LogP contribution is -2.19. The van der Waals surface area contributed by atoms with Gasteiger partial charge in [0, 0.05) is 6.54 Å². The Hall–Kier alpha value is -1.03. The van der Waals surface area contributed by atoms with E-state index in [1.807, 2.05) is 0 Å². The smallest absolute Gasteiger partial charge is 0.275 e. The normalized spacial score (nSPS) is 9.69. The van der Waals surface area contributed by atoms with Gasteiger partial charge >= 0.3 is 0 Å². The summed E-state index contributed by atoms with van der Waals surface area (Å²) in [7, 11) is 0. The molecule has 1 rings (SSSR count). The number of carbonyl (C=O) groups excluding carboxylic acids is 1. The van der Waals surface area contributed by atoms with E-state index < -0.39 is 5.24 Å². The Morgan fingerprint density at radius 1 is 1.46 bits per heavy atom. The molecule has 0 unspecified atom stereocenters. The van der Waals surface area contributed by atoms with E-state index in [9.17, 15) is 9.18 Å². The number of hydrogen-bond donors (Lipinski definition) is 2. The molecule has 0 radical (unpaired) electrons. The second kappa shape index (κ2) is 4.87. The monoisotopic (exact) mass is 199 g/mol. The van der Waals surface area contributed by atoms with Gasteiger partial charge in [-0.05, 0) is 18.1 Å². The standard InChI is InChI=1S/C9H10FNOS/c10-8-4-2-1-3-7(8)5-6-11-9(12)13/h1-4H,5-6H2,(H2,11,12,13). The largest absolute Gasteiger partial charge is 0.347 e. The summed E-state index contributed by atoms with van der Waals surface area (Å²) < 4.78 is 13.0. The van der Waals surface area contributed by atoms with Crippen molar-refractivity contribution in [2.24, 2.45) is 0 Å². The minimum Gasteiger partial charge on any atom is -0.347 e. The molecule has 0 heterocycles. The molecule has 70 valence electrons. The van der Waals surface area contributed by atoms with Crippen molar-refractivity contribution in [2.75, 3.05) is 6.54 Å². The highest BCUT2D eigenvalue weighted by Crippen LogP contribution is 2.05.